The maximum absolute atomic E-state index is 14.1. The quantitative estimate of drug-likeness (QED) is 0.434. The molecule has 0 bridgehead atoms. The molecule has 5 aromatic rings. The molecule has 31 heavy (non-hydrogen) atoms. The first-order valence-corrected chi connectivity index (χ1v) is 9.51. The number of pyridine rings is 1. The zero-order valence-electron chi connectivity index (χ0n) is 16.7. The van der Waals surface area contributed by atoms with Crippen LogP contribution in [0, 0.1) is 5.82 Å². The van der Waals surface area contributed by atoms with E-state index in [2.05, 4.69) is 25.3 Å². The molecule has 4 aromatic heterocycles. The third-order valence-corrected chi connectivity index (χ3v) is 4.99. The predicted octanol–water partition coefficient (Wildman–Crippen LogP) is 3.23. The molecule has 0 saturated carbocycles. The van der Waals surface area contributed by atoms with Crippen molar-refractivity contribution < 1.29 is 9.13 Å². The monoisotopic (exact) mass is 416 g/mol. The van der Waals surface area contributed by atoms with Crippen LogP contribution in [0.2, 0.25) is 0 Å². The van der Waals surface area contributed by atoms with E-state index in [1.54, 1.807) is 60.7 Å². The van der Waals surface area contributed by atoms with E-state index in [1.165, 1.54) is 17.1 Å². The number of aromatic nitrogens is 8. The number of rotatable bonds is 5. The van der Waals surface area contributed by atoms with Crippen molar-refractivity contribution in [2.75, 3.05) is 7.11 Å². The number of benzene rings is 1. The number of nitrogens with zero attached hydrogens (tertiary/aromatic N) is 8. The fourth-order valence-electron chi connectivity index (χ4n) is 3.36. The molecule has 4 heterocycles. The molecule has 9 nitrogen and oxygen atoms in total. The maximum Gasteiger partial charge on any atom is 0.162 e. The van der Waals surface area contributed by atoms with E-state index in [0.29, 0.717) is 34.2 Å². The van der Waals surface area contributed by atoms with E-state index >= 15 is 0 Å². The van der Waals surface area contributed by atoms with Crippen LogP contribution in [0.25, 0.3) is 28.1 Å². The first-order valence-electron chi connectivity index (χ1n) is 9.51. The van der Waals surface area contributed by atoms with Crippen molar-refractivity contribution in [3.05, 3.63) is 72.8 Å². The lowest BCUT2D eigenvalue weighted by Crippen LogP contribution is -2.10. The minimum Gasteiger partial charge on any atom is -0.497 e. The van der Waals surface area contributed by atoms with Crippen LogP contribution in [-0.4, -0.2) is 46.8 Å². The Bertz CT molecular complexity index is 1380. The minimum absolute atomic E-state index is 0.322. The third kappa shape index (κ3) is 3.27. The van der Waals surface area contributed by atoms with Crippen LogP contribution < -0.4 is 4.74 Å². The van der Waals surface area contributed by atoms with Crippen LogP contribution in [0.5, 0.6) is 5.75 Å². The summed E-state index contributed by atoms with van der Waals surface area (Å²) >= 11 is 0. The highest BCUT2D eigenvalue weighted by Crippen LogP contribution is 2.30. The summed E-state index contributed by atoms with van der Waals surface area (Å²) in [5.41, 5.74) is 2.82. The van der Waals surface area contributed by atoms with Crippen LogP contribution in [0.1, 0.15) is 18.7 Å². The summed E-state index contributed by atoms with van der Waals surface area (Å²) in [6.07, 6.45) is 6.50. The van der Waals surface area contributed by atoms with Gasteiger partial charge in [0.2, 0.25) is 0 Å². The van der Waals surface area contributed by atoms with E-state index in [4.69, 9.17) is 9.84 Å². The molecule has 5 rings (SSSR count). The Morgan fingerprint density at radius 3 is 2.84 bits per heavy atom. The molecule has 0 amide bonds. The molecule has 1 atom stereocenters. The van der Waals surface area contributed by atoms with Crippen LogP contribution in [-0.2, 0) is 0 Å². The summed E-state index contributed by atoms with van der Waals surface area (Å²) < 4.78 is 22.6. The van der Waals surface area contributed by atoms with Crippen molar-refractivity contribution in [2.45, 2.75) is 13.0 Å². The summed E-state index contributed by atoms with van der Waals surface area (Å²) in [7, 11) is 1.60. The van der Waals surface area contributed by atoms with E-state index in [9.17, 15) is 4.39 Å². The Hall–Kier alpha value is -4.21. The van der Waals surface area contributed by atoms with Gasteiger partial charge < -0.3 is 4.74 Å². The minimum atomic E-state index is -0.379. The number of methoxy groups -OCH3 is 1. The number of hydrogen-bond acceptors (Lipinski definition) is 7. The average molecular weight is 416 g/mol. The van der Waals surface area contributed by atoms with Gasteiger partial charge in [-0.2, -0.15) is 5.10 Å². The highest BCUT2D eigenvalue weighted by Gasteiger charge is 2.22. The van der Waals surface area contributed by atoms with Gasteiger partial charge >= 0.3 is 0 Å². The fraction of sp³-hybridized carbons (Fsp3) is 0.143. The molecule has 10 heteroatoms. The van der Waals surface area contributed by atoms with Crippen molar-refractivity contribution in [2.24, 2.45) is 0 Å². The SMILES string of the molecule is COc1ccnc(-c2nn(C(C)c3cn(-c4ccccc4F)nn3)c3ncncc23)c1. The van der Waals surface area contributed by atoms with Crippen LogP contribution >= 0.6 is 0 Å². The highest BCUT2D eigenvalue weighted by molar-refractivity contribution is 5.89. The van der Waals surface area contributed by atoms with Gasteiger partial charge in [-0.05, 0) is 25.1 Å². The van der Waals surface area contributed by atoms with Crippen molar-refractivity contribution >= 4 is 11.0 Å². The van der Waals surface area contributed by atoms with Gasteiger partial charge in [0.1, 0.15) is 35.0 Å². The first-order chi connectivity index (χ1) is 15.2. The fourth-order valence-corrected chi connectivity index (χ4v) is 3.36. The third-order valence-electron chi connectivity index (χ3n) is 4.99. The Balaban J connectivity index is 1.59. The second-order valence-electron chi connectivity index (χ2n) is 6.85. The van der Waals surface area contributed by atoms with Gasteiger partial charge in [0.15, 0.2) is 5.65 Å². The zero-order chi connectivity index (χ0) is 21.4. The molecule has 0 aliphatic rings. The molecule has 0 aliphatic carbocycles. The molecular formula is C21H17FN8O. The van der Waals surface area contributed by atoms with Crippen molar-refractivity contribution in [1.29, 1.82) is 0 Å². The molecule has 1 aromatic carbocycles. The summed E-state index contributed by atoms with van der Waals surface area (Å²) in [6.45, 7) is 1.92. The number of ether oxygens (including phenoxy) is 1. The van der Waals surface area contributed by atoms with Crippen LogP contribution in [0.4, 0.5) is 4.39 Å². The highest BCUT2D eigenvalue weighted by atomic mass is 19.1. The molecule has 1 unspecified atom stereocenters. The van der Waals surface area contributed by atoms with Gasteiger partial charge in [-0.1, -0.05) is 17.3 Å². The average Bonchev–Trinajstić information content (AvgIpc) is 3.45. The van der Waals surface area contributed by atoms with E-state index < -0.39 is 0 Å². The Labute approximate surface area is 176 Å². The van der Waals surface area contributed by atoms with E-state index in [-0.39, 0.29) is 11.9 Å². The number of hydrogen-bond donors (Lipinski definition) is 0. The molecule has 0 N–H and O–H groups in total. The Morgan fingerprint density at radius 1 is 1.13 bits per heavy atom. The lowest BCUT2D eigenvalue weighted by Gasteiger charge is -2.09. The smallest absolute Gasteiger partial charge is 0.162 e. The largest absolute Gasteiger partial charge is 0.497 e. The van der Waals surface area contributed by atoms with Crippen LogP contribution in [0.3, 0.4) is 0 Å². The van der Waals surface area contributed by atoms with E-state index in [0.717, 1.165) is 5.39 Å². The number of para-hydroxylation sites is 1. The Morgan fingerprint density at radius 2 is 2.00 bits per heavy atom. The number of fused-ring (bicyclic) bond motifs is 1. The Kier molecular flexibility index (Phi) is 4.58. The predicted molar refractivity (Wildman–Crippen MR) is 110 cm³/mol. The lowest BCUT2D eigenvalue weighted by atomic mass is 10.2. The molecule has 0 radical (unpaired) electrons. The van der Waals surface area contributed by atoms with Gasteiger partial charge in [-0.3, -0.25) is 4.98 Å². The number of halogens is 1. The van der Waals surface area contributed by atoms with Crippen molar-refractivity contribution in [3.63, 3.8) is 0 Å². The summed E-state index contributed by atoms with van der Waals surface area (Å²) in [5, 5.41) is 13.8. The topological polar surface area (TPSA) is 96.4 Å². The van der Waals surface area contributed by atoms with Gasteiger partial charge in [-0.15, -0.1) is 5.10 Å². The summed E-state index contributed by atoms with van der Waals surface area (Å²) in [4.78, 5) is 13.0. The summed E-state index contributed by atoms with van der Waals surface area (Å²) in [5.74, 6) is 0.292. The normalized spacial score (nSPS) is 12.2. The van der Waals surface area contributed by atoms with Gasteiger partial charge in [0.25, 0.3) is 0 Å². The second-order valence-corrected chi connectivity index (χ2v) is 6.85. The summed E-state index contributed by atoms with van der Waals surface area (Å²) in [6, 6.07) is 9.64. The van der Waals surface area contributed by atoms with Crippen molar-refractivity contribution in [1.82, 2.24) is 39.7 Å². The molecular weight excluding hydrogens is 399 g/mol. The van der Waals surface area contributed by atoms with Gasteiger partial charge in [0.05, 0.1) is 30.4 Å². The van der Waals surface area contributed by atoms with Crippen molar-refractivity contribution in [3.8, 4) is 22.8 Å². The molecule has 0 fully saturated rings. The van der Waals surface area contributed by atoms with Gasteiger partial charge in [-0.25, -0.2) is 23.7 Å². The first kappa shape index (κ1) is 18.8. The zero-order valence-corrected chi connectivity index (χ0v) is 16.7. The molecule has 0 aliphatic heterocycles. The van der Waals surface area contributed by atoms with Crippen LogP contribution in [0.15, 0.2) is 61.3 Å². The van der Waals surface area contributed by atoms with Gasteiger partial charge in [0, 0.05) is 18.5 Å². The van der Waals surface area contributed by atoms with E-state index in [1.807, 2.05) is 6.92 Å². The standard InChI is InChI=1S/C21H17FN8O/c1-13(18-11-29(28-26-18)19-6-4-3-5-16(19)22)30-21-15(10-23-12-25-21)20(27-30)17-9-14(31-2)7-8-24-17/h3-13H,1-2H3. The second kappa shape index (κ2) is 7.56. The molecule has 0 spiro atoms. The molecule has 154 valence electrons. The maximum atomic E-state index is 14.1. The molecule has 0 saturated heterocycles. The lowest BCUT2D eigenvalue weighted by molar-refractivity contribution is 0.414.